The van der Waals surface area contributed by atoms with Gasteiger partial charge >= 0.3 is 6.16 Å². The third-order valence-corrected chi connectivity index (χ3v) is 2.17. The molecule has 102 valence electrons. The molecule has 7 nitrogen and oxygen atoms in total. The van der Waals surface area contributed by atoms with Crippen molar-refractivity contribution in [2.75, 3.05) is 13.4 Å². The van der Waals surface area contributed by atoms with Gasteiger partial charge in [0.05, 0.1) is 12.7 Å². The third kappa shape index (κ3) is 10.3. The van der Waals surface area contributed by atoms with Crippen LogP contribution < -0.4 is 4.89 Å². The number of phosphoric acid groups is 1. The SMILES string of the molecule is CC(C)COP(=O)([O-])OCOC(=O)OC(C)C. The van der Waals surface area contributed by atoms with E-state index in [9.17, 15) is 14.3 Å². The minimum atomic E-state index is -4.42. The van der Waals surface area contributed by atoms with Gasteiger partial charge in [0.1, 0.15) is 0 Å². The van der Waals surface area contributed by atoms with Crippen LogP contribution in [0.3, 0.4) is 0 Å². The van der Waals surface area contributed by atoms with Gasteiger partial charge in [0.15, 0.2) is 0 Å². The molecule has 0 rings (SSSR count). The Hall–Kier alpha value is -0.620. The zero-order chi connectivity index (χ0) is 13.5. The molecule has 0 amide bonds. The molecular formula is C9H18O7P-. The fraction of sp³-hybridized carbons (Fsp3) is 0.889. The van der Waals surface area contributed by atoms with E-state index in [0.29, 0.717) is 0 Å². The molecule has 0 aliphatic heterocycles. The van der Waals surface area contributed by atoms with Crippen LogP contribution in [0.5, 0.6) is 0 Å². The summed E-state index contributed by atoms with van der Waals surface area (Å²) in [5.41, 5.74) is 0. The van der Waals surface area contributed by atoms with Crippen LogP contribution in [-0.4, -0.2) is 25.7 Å². The summed E-state index contributed by atoms with van der Waals surface area (Å²) < 4.78 is 28.8. The van der Waals surface area contributed by atoms with Crippen molar-refractivity contribution in [1.29, 1.82) is 0 Å². The van der Waals surface area contributed by atoms with E-state index in [1.54, 1.807) is 27.7 Å². The normalized spacial score (nSPS) is 14.8. The summed E-state index contributed by atoms with van der Waals surface area (Å²) in [7, 11) is -4.42. The molecule has 0 fully saturated rings. The van der Waals surface area contributed by atoms with Crippen LogP contribution in [0, 0.1) is 5.92 Å². The van der Waals surface area contributed by atoms with Crippen LogP contribution in [0.15, 0.2) is 0 Å². The summed E-state index contributed by atoms with van der Waals surface area (Å²) in [4.78, 5) is 21.9. The van der Waals surface area contributed by atoms with E-state index < -0.39 is 20.8 Å². The molecule has 1 atom stereocenters. The highest BCUT2D eigenvalue weighted by Gasteiger charge is 2.13. The lowest BCUT2D eigenvalue weighted by Gasteiger charge is -2.23. The topological polar surface area (TPSA) is 94.1 Å². The molecular weight excluding hydrogens is 251 g/mol. The summed E-state index contributed by atoms with van der Waals surface area (Å²) in [6.45, 7) is 6.09. The molecule has 0 heterocycles. The maximum Gasteiger partial charge on any atom is 0.510 e. The lowest BCUT2D eigenvalue weighted by Crippen LogP contribution is -2.17. The molecule has 8 heteroatoms. The lowest BCUT2D eigenvalue weighted by atomic mass is 10.2. The van der Waals surface area contributed by atoms with Crippen molar-refractivity contribution in [2.45, 2.75) is 33.8 Å². The summed E-state index contributed by atoms with van der Waals surface area (Å²) in [5, 5.41) is 0. The summed E-state index contributed by atoms with van der Waals surface area (Å²) in [5.74, 6) is 0.0488. The van der Waals surface area contributed by atoms with Gasteiger partial charge < -0.3 is 18.9 Å². The highest BCUT2D eigenvalue weighted by Crippen LogP contribution is 2.38. The third-order valence-electron chi connectivity index (χ3n) is 1.29. The second-order valence-electron chi connectivity index (χ2n) is 3.94. The van der Waals surface area contributed by atoms with Gasteiger partial charge in [0.2, 0.25) is 6.79 Å². The molecule has 0 N–H and O–H groups in total. The quantitative estimate of drug-likeness (QED) is 0.394. The Labute approximate surface area is 101 Å². The standard InChI is InChI=1S/C9H19O7P/c1-7(2)5-14-17(11,12)15-6-13-9(10)16-8(3)4/h7-8H,5-6H2,1-4H3,(H,11,12)/p-1. The molecule has 1 unspecified atom stereocenters. The molecule has 0 radical (unpaired) electrons. The Morgan fingerprint density at radius 1 is 1.24 bits per heavy atom. The van der Waals surface area contributed by atoms with Crippen molar-refractivity contribution < 1.29 is 32.8 Å². The van der Waals surface area contributed by atoms with Crippen LogP contribution in [0.4, 0.5) is 4.79 Å². The summed E-state index contributed by atoms with van der Waals surface area (Å²) in [6, 6.07) is 0. The Bertz CT molecular complexity index is 277. The minimum Gasteiger partial charge on any atom is -0.756 e. The van der Waals surface area contributed by atoms with Crippen molar-refractivity contribution in [3.63, 3.8) is 0 Å². The number of hydrogen-bond donors (Lipinski definition) is 0. The molecule has 0 spiro atoms. The summed E-state index contributed by atoms with van der Waals surface area (Å²) in [6.07, 6.45) is -1.34. The van der Waals surface area contributed by atoms with E-state index in [4.69, 9.17) is 0 Å². The Morgan fingerprint density at radius 2 is 1.82 bits per heavy atom. The molecule has 0 bridgehead atoms. The number of carbonyl (C=O) groups excluding carboxylic acids is 1. The molecule has 0 aromatic heterocycles. The number of ether oxygens (including phenoxy) is 2. The highest BCUT2D eigenvalue weighted by molar-refractivity contribution is 7.45. The Kier molecular flexibility index (Phi) is 7.38. The van der Waals surface area contributed by atoms with Gasteiger partial charge in [0, 0.05) is 0 Å². The van der Waals surface area contributed by atoms with E-state index in [0.717, 1.165) is 0 Å². The largest absolute Gasteiger partial charge is 0.756 e. The maximum atomic E-state index is 11.1. The fourth-order valence-electron chi connectivity index (χ4n) is 0.643. The second kappa shape index (κ2) is 7.66. The second-order valence-corrected chi connectivity index (χ2v) is 5.36. The van der Waals surface area contributed by atoms with Gasteiger partial charge in [-0.25, -0.2) is 4.79 Å². The predicted molar refractivity (Wildman–Crippen MR) is 57.1 cm³/mol. The number of phosphoric ester groups is 1. The van der Waals surface area contributed by atoms with E-state index in [1.165, 1.54) is 0 Å². The molecule has 17 heavy (non-hydrogen) atoms. The number of hydrogen-bond acceptors (Lipinski definition) is 7. The zero-order valence-electron chi connectivity index (χ0n) is 10.4. The highest BCUT2D eigenvalue weighted by atomic mass is 31.2. The first-order valence-electron chi connectivity index (χ1n) is 5.16. The average Bonchev–Trinajstić information content (AvgIpc) is 2.13. The predicted octanol–water partition coefficient (Wildman–Crippen LogP) is 1.66. The van der Waals surface area contributed by atoms with E-state index in [-0.39, 0.29) is 18.6 Å². The van der Waals surface area contributed by atoms with Crippen molar-refractivity contribution in [1.82, 2.24) is 0 Å². The van der Waals surface area contributed by atoms with Gasteiger partial charge in [-0.1, -0.05) is 13.8 Å². The van der Waals surface area contributed by atoms with Crippen LogP contribution in [0.25, 0.3) is 0 Å². The van der Waals surface area contributed by atoms with Crippen molar-refractivity contribution >= 4 is 14.0 Å². The van der Waals surface area contributed by atoms with Crippen LogP contribution in [0.1, 0.15) is 27.7 Å². The molecule has 0 saturated heterocycles. The first kappa shape index (κ1) is 16.4. The average molecular weight is 269 g/mol. The lowest BCUT2D eigenvalue weighted by molar-refractivity contribution is -0.232. The van der Waals surface area contributed by atoms with Crippen molar-refractivity contribution in [3.8, 4) is 0 Å². The summed E-state index contributed by atoms with van der Waals surface area (Å²) >= 11 is 0. The van der Waals surface area contributed by atoms with Crippen LogP contribution >= 0.6 is 7.82 Å². The fourth-order valence-corrected chi connectivity index (χ4v) is 1.38. The smallest absolute Gasteiger partial charge is 0.510 e. The maximum absolute atomic E-state index is 11.1. The Balaban J connectivity index is 3.79. The van der Waals surface area contributed by atoms with Crippen molar-refractivity contribution in [2.24, 2.45) is 5.92 Å². The van der Waals surface area contributed by atoms with Gasteiger partial charge in [-0.2, -0.15) is 0 Å². The van der Waals surface area contributed by atoms with Crippen LogP contribution in [-0.2, 0) is 23.1 Å². The first-order valence-corrected chi connectivity index (χ1v) is 6.62. The van der Waals surface area contributed by atoms with Gasteiger partial charge in [-0.15, -0.1) is 0 Å². The molecule has 0 aliphatic rings. The molecule has 0 aliphatic carbocycles. The monoisotopic (exact) mass is 269 g/mol. The number of rotatable bonds is 7. The van der Waals surface area contributed by atoms with E-state index in [1.807, 2.05) is 0 Å². The van der Waals surface area contributed by atoms with Gasteiger partial charge in [0.25, 0.3) is 7.82 Å². The molecule has 0 aromatic carbocycles. The minimum absolute atomic E-state index is 0.0111. The zero-order valence-corrected chi connectivity index (χ0v) is 11.3. The van der Waals surface area contributed by atoms with Crippen molar-refractivity contribution in [3.05, 3.63) is 0 Å². The first-order chi connectivity index (χ1) is 7.73. The number of carbonyl (C=O) groups is 1. The van der Waals surface area contributed by atoms with Gasteiger partial charge in [-0.05, 0) is 19.8 Å². The molecule has 0 aromatic rings. The van der Waals surface area contributed by atoms with E-state index >= 15 is 0 Å². The van der Waals surface area contributed by atoms with E-state index in [2.05, 4.69) is 18.5 Å². The molecule has 0 saturated carbocycles. The van der Waals surface area contributed by atoms with Crippen LogP contribution in [0.2, 0.25) is 0 Å². The van der Waals surface area contributed by atoms with Gasteiger partial charge in [-0.3, -0.25) is 9.09 Å². The Morgan fingerprint density at radius 3 is 2.29 bits per heavy atom.